The van der Waals surface area contributed by atoms with Crippen molar-refractivity contribution in [1.29, 1.82) is 0 Å². The quantitative estimate of drug-likeness (QED) is 0.838. The second-order valence-electron chi connectivity index (χ2n) is 7.59. The lowest BCUT2D eigenvalue weighted by molar-refractivity contribution is 0.0704. The van der Waals surface area contributed by atoms with Gasteiger partial charge in [-0.15, -0.1) is 0 Å². The first-order valence-electron chi connectivity index (χ1n) is 9.27. The van der Waals surface area contributed by atoms with E-state index >= 15 is 0 Å². The van der Waals surface area contributed by atoms with E-state index in [1.165, 1.54) is 5.56 Å². The Morgan fingerprint density at radius 1 is 1.38 bits per heavy atom. The zero-order valence-electron chi connectivity index (χ0n) is 16.3. The third-order valence-electron chi connectivity index (χ3n) is 5.06. The van der Waals surface area contributed by atoms with E-state index < -0.39 is 0 Å². The van der Waals surface area contributed by atoms with Gasteiger partial charge in [0.25, 0.3) is 5.91 Å². The summed E-state index contributed by atoms with van der Waals surface area (Å²) in [5.41, 5.74) is 2.64. The van der Waals surface area contributed by atoms with Crippen molar-refractivity contribution in [1.82, 2.24) is 15.0 Å². The third-order valence-corrected chi connectivity index (χ3v) is 5.06. The normalized spacial score (nSPS) is 17.6. The van der Waals surface area contributed by atoms with Crippen molar-refractivity contribution in [2.45, 2.75) is 45.4 Å². The van der Waals surface area contributed by atoms with Crippen LogP contribution in [0.5, 0.6) is 0 Å². The van der Waals surface area contributed by atoms with E-state index in [1.54, 1.807) is 0 Å². The Hall–Kier alpha value is -2.37. The maximum atomic E-state index is 13.2. The van der Waals surface area contributed by atoms with E-state index in [1.807, 2.05) is 50.9 Å². The highest BCUT2D eigenvalue weighted by atomic mass is 16.5. The van der Waals surface area contributed by atoms with Crippen molar-refractivity contribution in [3.8, 4) is 0 Å². The third kappa shape index (κ3) is 3.59. The lowest BCUT2D eigenvalue weighted by atomic mass is 9.90. The average molecular weight is 356 g/mol. The summed E-state index contributed by atoms with van der Waals surface area (Å²) in [5.74, 6) is 2.09. The zero-order chi connectivity index (χ0) is 18.8. The standard InChI is InChI=1S/C20H28N4O2/c1-13(2)19-18(14(3)26-22-19)20(25)24-10-6-7-16(12-24)15-8-9-21-17(11-15)23(4)5/h8-9,11,13,16H,6-7,10,12H2,1-5H3/t16-/m1/s1. The maximum absolute atomic E-state index is 13.2. The summed E-state index contributed by atoms with van der Waals surface area (Å²) in [4.78, 5) is 21.5. The van der Waals surface area contributed by atoms with E-state index in [-0.39, 0.29) is 11.8 Å². The molecule has 0 aliphatic carbocycles. The van der Waals surface area contributed by atoms with E-state index in [0.717, 1.165) is 37.4 Å². The van der Waals surface area contributed by atoms with Crippen LogP contribution in [0.25, 0.3) is 0 Å². The number of hydrogen-bond donors (Lipinski definition) is 0. The molecule has 1 aliphatic rings. The van der Waals surface area contributed by atoms with Crippen molar-refractivity contribution in [2.24, 2.45) is 0 Å². The maximum Gasteiger partial charge on any atom is 0.259 e. The lowest BCUT2D eigenvalue weighted by Gasteiger charge is -2.33. The molecular formula is C20H28N4O2. The molecule has 2 aromatic rings. The first-order valence-corrected chi connectivity index (χ1v) is 9.27. The highest BCUT2D eigenvalue weighted by Crippen LogP contribution is 2.30. The minimum atomic E-state index is 0.0408. The molecule has 0 bridgehead atoms. The summed E-state index contributed by atoms with van der Waals surface area (Å²) in [6, 6.07) is 4.19. The number of anilines is 1. The van der Waals surface area contributed by atoms with Gasteiger partial charge in [-0.05, 0) is 43.4 Å². The molecule has 3 rings (SSSR count). The number of piperidine rings is 1. The Balaban J connectivity index is 1.82. The van der Waals surface area contributed by atoms with Gasteiger partial charge in [0.2, 0.25) is 0 Å². The van der Waals surface area contributed by atoms with Crippen LogP contribution < -0.4 is 4.90 Å². The van der Waals surface area contributed by atoms with Gasteiger partial charge in [-0.1, -0.05) is 19.0 Å². The molecule has 0 spiro atoms. The van der Waals surface area contributed by atoms with Gasteiger partial charge in [0.05, 0.1) is 5.69 Å². The predicted octanol–water partition coefficient (Wildman–Crippen LogP) is 3.59. The molecule has 0 saturated carbocycles. The summed E-state index contributed by atoms with van der Waals surface area (Å²) in [7, 11) is 3.98. The molecule has 2 aromatic heterocycles. The summed E-state index contributed by atoms with van der Waals surface area (Å²) in [5, 5.41) is 4.10. The molecule has 0 radical (unpaired) electrons. The molecular weight excluding hydrogens is 328 g/mol. The van der Waals surface area contributed by atoms with Crippen LogP contribution in [-0.2, 0) is 0 Å². The molecule has 1 amide bonds. The van der Waals surface area contributed by atoms with Gasteiger partial charge < -0.3 is 14.3 Å². The van der Waals surface area contributed by atoms with Crippen molar-refractivity contribution in [2.75, 3.05) is 32.1 Å². The molecule has 1 aliphatic heterocycles. The molecule has 1 atom stereocenters. The Morgan fingerprint density at radius 3 is 2.85 bits per heavy atom. The van der Waals surface area contributed by atoms with E-state index in [0.29, 0.717) is 17.2 Å². The van der Waals surface area contributed by atoms with E-state index in [4.69, 9.17) is 4.52 Å². The van der Waals surface area contributed by atoms with Crippen LogP contribution in [0.2, 0.25) is 0 Å². The first-order chi connectivity index (χ1) is 12.4. The van der Waals surface area contributed by atoms with E-state index in [9.17, 15) is 4.79 Å². The number of nitrogens with zero attached hydrogens (tertiary/aromatic N) is 4. The van der Waals surface area contributed by atoms with Crippen LogP contribution in [0.1, 0.15) is 65.9 Å². The van der Waals surface area contributed by atoms with Gasteiger partial charge in [-0.2, -0.15) is 0 Å². The van der Waals surface area contributed by atoms with E-state index in [2.05, 4.69) is 22.3 Å². The monoisotopic (exact) mass is 356 g/mol. The van der Waals surface area contributed by atoms with Crippen LogP contribution in [0.4, 0.5) is 5.82 Å². The largest absolute Gasteiger partial charge is 0.363 e. The van der Waals surface area contributed by atoms with Gasteiger partial charge in [-0.25, -0.2) is 4.98 Å². The van der Waals surface area contributed by atoms with Gasteiger partial charge >= 0.3 is 0 Å². The Labute approximate surface area is 155 Å². The molecule has 1 saturated heterocycles. The van der Waals surface area contributed by atoms with Crippen molar-refractivity contribution in [3.05, 3.63) is 40.9 Å². The number of aryl methyl sites for hydroxylation is 1. The smallest absolute Gasteiger partial charge is 0.259 e. The molecule has 0 aromatic carbocycles. The fraction of sp³-hybridized carbons (Fsp3) is 0.550. The van der Waals surface area contributed by atoms with Crippen LogP contribution in [0.15, 0.2) is 22.9 Å². The number of likely N-dealkylation sites (tertiary alicyclic amines) is 1. The number of pyridine rings is 1. The zero-order valence-corrected chi connectivity index (χ0v) is 16.3. The molecule has 3 heterocycles. The second-order valence-corrected chi connectivity index (χ2v) is 7.59. The second kappa shape index (κ2) is 7.48. The molecule has 0 N–H and O–H groups in total. The average Bonchev–Trinajstić information content (AvgIpc) is 3.03. The van der Waals surface area contributed by atoms with Gasteiger partial charge in [0, 0.05) is 39.3 Å². The van der Waals surface area contributed by atoms with Crippen molar-refractivity contribution >= 4 is 11.7 Å². The fourth-order valence-electron chi connectivity index (χ4n) is 3.57. The predicted molar refractivity (Wildman–Crippen MR) is 102 cm³/mol. The molecule has 6 heteroatoms. The number of carbonyl (C=O) groups is 1. The van der Waals surface area contributed by atoms with Crippen LogP contribution in [0, 0.1) is 6.92 Å². The SMILES string of the molecule is Cc1onc(C(C)C)c1C(=O)N1CCC[C@@H](c2ccnc(N(C)C)c2)C1. The number of hydrogen-bond acceptors (Lipinski definition) is 5. The Kier molecular flexibility index (Phi) is 5.30. The molecule has 0 unspecified atom stereocenters. The molecule has 6 nitrogen and oxygen atoms in total. The molecule has 1 fully saturated rings. The van der Waals surface area contributed by atoms with Gasteiger partial charge in [-0.3, -0.25) is 4.79 Å². The lowest BCUT2D eigenvalue weighted by Crippen LogP contribution is -2.39. The summed E-state index contributed by atoms with van der Waals surface area (Å²) in [6.45, 7) is 7.39. The highest BCUT2D eigenvalue weighted by Gasteiger charge is 2.30. The first kappa shape index (κ1) is 18.4. The Bertz CT molecular complexity index is 782. The number of amides is 1. The molecule has 26 heavy (non-hydrogen) atoms. The number of aromatic nitrogens is 2. The highest BCUT2D eigenvalue weighted by molar-refractivity contribution is 5.96. The van der Waals surface area contributed by atoms with Crippen molar-refractivity contribution < 1.29 is 9.32 Å². The minimum Gasteiger partial charge on any atom is -0.363 e. The fourth-order valence-corrected chi connectivity index (χ4v) is 3.57. The Morgan fingerprint density at radius 2 is 2.15 bits per heavy atom. The molecule has 140 valence electrons. The van der Waals surface area contributed by atoms with Gasteiger partial charge in [0.1, 0.15) is 17.1 Å². The number of rotatable bonds is 4. The van der Waals surface area contributed by atoms with Crippen molar-refractivity contribution in [3.63, 3.8) is 0 Å². The summed E-state index contributed by atoms with van der Waals surface area (Å²) in [6.07, 6.45) is 3.93. The van der Waals surface area contributed by atoms with Crippen LogP contribution >= 0.6 is 0 Å². The summed E-state index contributed by atoms with van der Waals surface area (Å²) < 4.78 is 5.31. The van der Waals surface area contributed by atoms with Crippen LogP contribution in [0.3, 0.4) is 0 Å². The minimum absolute atomic E-state index is 0.0408. The summed E-state index contributed by atoms with van der Waals surface area (Å²) >= 11 is 0. The number of carbonyl (C=O) groups excluding carboxylic acids is 1. The van der Waals surface area contributed by atoms with Crippen LogP contribution in [-0.4, -0.2) is 48.1 Å². The van der Waals surface area contributed by atoms with Gasteiger partial charge in [0.15, 0.2) is 0 Å². The topological polar surface area (TPSA) is 62.5 Å².